The van der Waals surface area contributed by atoms with Crippen LogP contribution in [0.1, 0.15) is 48.0 Å². The van der Waals surface area contributed by atoms with Gasteiger partial charge in [-0.2, -0.15) is 0 Å². The lowest BCUT2D eigenvalue weighted by molar-refractivity contribution is 0.00526. The summed E-state index contributed by atoms with van der Waals surface area (Å²) in [5, 5.41) is 14.6. The van der Waals surface area contributed by atoms with Gasteiger partial charge in [-0.1, -0.05) is 43.5 Å². The lowest BCUT2D eigenvalue weighted by atomic mass is 9.85. The van der Waals surface area contributed by atoms with E-state index in [-0.39, 0.29) is 18.3 Å². The van der Waals surface area contributed by atoms with Crippen LogP contribution in [-0.4, -0.2) is 37.7 Å². The monoisotopic (exact) mass is 458 g/mol. The minimum Gasteiger partial charge on any atom is -0.388 e. The summed E-state index contributed by atoms with van der Waals surface area (Å²) in [7, 11) is 0. The highest BCUT2D eigenvalue weighted by molar-refractivity contribution is 5.99. The SMILES string of the molecule is Cc1cn(-c2ncc(-c3ccccc3F)cn2)c2cc(C(=O)NCC3(O)CCCCC3)ccc12. The molecule has 0 bridgehead atoms. The van der Waals surface area contributed by atoms with Gasteiger partial charge in [0.05, 0.1) is 11.1 Å². The van der Waals surface area contributed by atoms with E-state index in [0.29, 0.717) is 35.5 Å². The van der Waals surface area contributed by atoms with Crippen LogP contribution >= 0.6 is 0 Å². The van der Waals surface area contributed by atoms with E-state index in [0.717, 1.165) is 35.7 Å². The molecule has 0 radical (unpaired) electrons. The molecule has 2 aromatic carbocycles. The Morgan fingerprint density at radius 1 is 1.12 bits per heavy atom. The molecule has 0 atom stereocenters. The number of aryl methyl sites for hydroxylation is 1. The van der Waals surface area contributed by atoms with Crippen LogP contribution in [0, 0.1) is 12.7 Å². The van der Waals surface area contributed by atoms with Crippen LogP contribution in [0.25, 0.3) is 28.0 Å². The average molecular weight is 459 g/mol. The third-order valence-electron chi connectivity index (χ3n) is 6.67. The van der Waals surface area contributed by atoms with E-state index in [9.17, 15) is 14.3 Å². The molecule has 1 amide bonds. The largest absolute Gasteiger partial charge is 0.388 e. The Bertz CT molecular complexity index is 1340. The zero-order valence-corrected chi connectivity index (χ0v) is 19.1. The molecule has 6 nitrogen and oxygen atoms in total. The number of nitrogens with zero attached hydrogens (tertiary/aromatic N) is 3. The minimum atomic E-state index is -0.817. The van der Waals surface area contributed by atoms with Gasteiger partial charge in [0.2, 0.25) is 5.95 Å². The summed E-state index contributed by atoms with van der Waals surface area (Å²) in [5.41, 5.74) is 2.56. The van der Waals surface area contributed by atoms with Crippen molar-refractivity contribution in [1.29, 1.82) is 0 Å². The third-order valence-corrected chi connectivity index (χ3v) is 6.67. The molecule has 7 heteroatoms. The molecular weight excluding hydrogens is 431 g/mol. The van der Waals surface area contributed by atoms with Crippen LogP contribution < -0.4 is 5.32 Å². The van der Waals surface area contributed by atoms with Crippen LogP contribution in [0.3, 0.4) is 0 Å². The zero-order chi connectivity index (χ0) is 23.7. The number of rotatable bonds is 5. The highest BCUT2D eigenvalue weighted by Gasteiger charge is 2.29. The number of nitrogens with one attached hydrogen (secondary N) is 1. The van der Waals surface area contributed by atoms with Crippen molar-refractivity contribution in [1.82, 2.24) is 19.9 Å². The number of carbonyl (C=O) groups is 1. The van der Waals surface area contributed by atoms with Crippen molar-refractivity contribution >= 4 is 16.8 Å². The van der Waals surface area contributed by atoms with Crippen molar-refractivity contribution in [2.24, 2.45) is 0 Å². The maximum atomic E-state index is 14.1. The Morgan fingerprint density at radius 2 is 1.85 bits per heavy atom. The standard InChI is InChI=1S/C27H27FN4O2/c1-18-16-32(26-29-14-20(15-30-26)22-7-3-4-8-23(22)28)24-13-19(9-10-21(18)24)25(33)31-17-27(34)11-5-2-6-12-27/h3-4,7-10,13-16,34H,2,5-6,11-12,17H2,1H3,(H,31,33). The van der Waals surface area contributed by atoms with E-state index in [4.69, 9.17) is 0 Å². The summed E-state index contributed by atoms with van der Waals surface area (Å²) in [6.07, 6.45) is 9.67. The number of halogens is 1. The van der Waals surface area contributed by atoms with Gasteiger partial charge in [-0.3, -0.25) is 9.36 Å². The molecule has 2 N–H and O–H groups in total. The fraction of sp³-hybridized carbons (Fsp3) is 0.296. The quantitative estimate of drug-likeness (QED) is 0.443. The lowest BCUT2D eigenvalue weighted by Gasteiger charge is -2.32. The predicted molar refractivity (Wildman–Crippen MR) is 129 cm³/mol. The Hall–Kier alpha value is -3.58. The number of hydrogen-bond donors (Lipinski definition) is 2. The van der Waals surface area contributed by atoms with Gasteiger partial charge >= 0.3 is 0 Å². The van der Waals surface area contributed by atoms with Gasteiger partial charge in [-0.05, 0) is 43.5 Å². The molecule has 4 aromatic rings. The van der Waals surface area contributed by atoms with Crippen LogP contribution in [-0.2, 0) is 0 Å². The summed E-state index contributed by atoms with van der Waals surface area (Å²) in [6, 6.07) is 12.0. The van der Waals surface area contributed by atoms with E-state index in [1.165, 1.54) is 6.07 Å². The first-order chi connectivity index (χ1) is 16.4. The van der Waals surface area contributed by atoms with E-state index < -0.39 is 5.60 Å². The number of aliphatic hydroxyl groups is 1. The van der Waals surface area contributed by atoms with Crippen molar-refractivity contribution < 1.29 is 14.3 Å². The first-order valence-corrected chi connectivity index (χ1v) is 11.6. The molecule has 0 unspecified atom stereocenters. The molecule has 1 aliphatic carbocycles. The van der Waals surface area contributed by atoms with E-state index >= 15 is 0 Å². The Labute approximate surface area is 197 Å². The van der Waals surface area contributed by atoms with E-state index in [1.54, 1.807) is 36.7 Å². The van der Waals surface area contributed by atoms with Gasteiger partial charge in [0.1, 0.15) is 5.82 Å². The van der Waals surface area contributed by atoms with Crippen LogP contribution in [0.2, 0.25) is 0 Å². The number of aromatic nitrogens is 3. The minimum absolute atomic E-state index is 0.220. The number of carbonyl (C=O) groups excluding carboxylic acids is 1. The van der Waals surface area contributed by atoms with Gasteiger partial charge in [-0.25, -0.2) is 14.4 Å². The van der Waals surface area contributed by atoms with E-state index in [2.05, 4.69) is 15.3 Å². The van der Waals surface area contributed by atoms with Gasteiger partial charge < -0.3 is 10.4 Å². The molecule has 1 fully saturated rings. The van der Waals surface area contributed by atoms with Crippen molar-refractivity contribution in [2.75, 3.05) is 6.54 Å². The molecule has 174 valence electrons. The van der Waals surface area contributed by atoms with E-state index in [1.807, 2.05) is 29.8 Å². The van der Waals surface area contributed by atoms with Gasteiger partial charge in [0.25, 0.3) is 5.91 Å². The second kappa shape index (κ2) is 8.99. The van der Waals surface area contributed by atoms with Crippen LogP contribution in [0.5, 0.6) is 0 Å². The molecule has 1 saturated carbocycles. The molecular formula is C27H27FN4O2. The fourth-order valence-electron chi connectivity index (χ4n) is 4.72. The highest BCUT2D eigenvalue weighted by atomic mass is 19.1. The van der Waals surface area contributed by atoms with Crippen molar-refractivity contribution in [2.45, 2.75) is 44.6 Å². The van der Waals surface area contributed by atoms with Crippen LogP contribution in [0.15, 0.2) is 61.1 Å². The Kier molecular flexibility index (Phi) is 5.87. The summed E-state index contributed by atoms with van der Waals surface area (Å²) in [4.78, 5) is 21.8. The number of amides is 1. The summed E-state index contributed by atoms with van der Waals surface area (Å²) < 4.78 is 16.0. The van der Waals surface area contributed by atoms with Gasteiger partial charge in [0.15, 0.2) is 0 Å². The molecule has 2 aromatic heterocycles. The highest BCUT2D eigenvalue weighted by Crippen LogP contribution is 2.28. The Balaban J connectivity index is 1.42. The first kappa shape index (κ1) is 22.2. The summed E-state index contributed by atoms with van der Waals surface area (Å²) >= 11 is 0. The average Bonchev–Trinajstić information content (AvgIpc) is 3.19. The molecule has 2 heterocycles. The second-order valence-electron chi connectivity index (χ2n) is 9.13. The fourth-order valence-corrected chi connectivity index (χ4v) is 4.72. The summed E-state index contributed by atoms with van der Waals surface area (Å²) in [6.45, 7) is 2.25. The Morgan fingerprint density at radius 3 is 2.59 bits per heavy atom. The van der Waals surface area contributed by atoms with Crippen molar-refractivity contribution in [3.63, 3.8) is 0 Å². The maximum absolute atomic E-state index is 14.1. The molecule has 34 heavy (non-hydrogen) atoms. The van der Waals surface area contributed by atoms with Gasteiger partial charge in [0, 0.05) is 47.2 Å². The smallest absolute Gasteiger partial charge is 0.251 e. The molecule has 0 spiro atoms. The molecule has 0 saturated heterocycles. The van der Waals surface area contributed by atoms with Crippen molar-refractivity contribution in [3.8, 4) is 17.1 Å². The zero-order valence-electron chi connectivity index (χ0n) is 19.1. The number of benzene rings is 2. The number of hydrogen-bond acceptors (Lipinski definition) is 4. The third kappa shape index (κ3) is 4.31. The van der Waals surface area contributed by atoms with Gasteiger partial charge in [-0.15, -0.1) is 0 Å². The predicted octanol–water partition coefficient (Wildman–Crippen LogP) is 4.96. The molecule has 1 aliphatic rings. The van der Waals surface area contributed by atoms with Crippen molar-refractivity contribution in [3.05, 3.63) is 78.0 Å². The maximum Gasteiger partial charge on any atom is 0.251 e. The first-order valence-electron chi connectivity index (χ1n) is 11.6. The second-order valence-corrected chi connectivity index (χ2v) is 9.13. The topological polar surface area (TPSA) is 80.0 Å². The molecule has 5 rings (SSSR count). The normalized spacial score (nSPS) is 15.4. The number of fused-ring (bicyclic) bond motifs is 1. The lowest BCUT2D eigenvalue weighted by Crippen LogP contribution is -2.44. The molecule has 0 aliphatic heterocycles. The summed E-state index contributed by atoms with van der Waals surface area (Å²) in [5.74, 6) is -0.107. The van der Waals surface area contributed by atoms with Crippen LogP contribution in [0.4, 0.5) is 4.39 Å².